The molecule has 5 heteroatoms. The van der Waals surface area contributed by atoms with Gasteiger partial charge in [0.25, 0.3) is 5.56 Å². The number of aromatic amines is 1. The van der Waals surface area contributed by atoms with Crippen LogP contribution < -0.4 is 10.9 Å². The lowest BCUT2D eigenvalue weighted by Gasteiger charge is -2.20. The highest BCUT2D eigenvalue weighted by molar-refractivity contribution is 5.76. The maximum atomic E-state index is 12.1. The van der Waals surface area contributed by atoms with Gasteiger partial charge in [0.1, 0.15) is 5.82 Å². The van der Waals surface area contributed by atoms with E-state index in [4.69, 9.17) is 0 Å². The van der Waals surface area contributed by atoms with Crippen LogP contribution in [0.15, 0.2) is 4.79 Å². The van der Waals surface area contributed by atoms with E-state index in [1.165, 1.54) is 44.9 Å². The number of aryl methyl sites for hydroxylation is 2. The molecule has 1 amide bonds. The van der Waals surface area contributed by atoms with Crippen molar-refractivity contribution in [3.8, 4) is 0 Å². The summed E-state index contributed by atoms with van der Waals surface area (Å²) in [4.78, 5) is 30.9. The Kier molecular flexibility index (Phi) is 6.81. The number of nitrogens with one attached hydrogen (secondary N) is 2. The van der Waals surface area contributed by atoms with Crippen LogP contribution in [0.1, 0.15) is 68.4 Å². The van der Waals surface area contributed by atoms with Crippen molar-refractivity contribution in [1.29, 1.82) is 0 Å². The molecule has 1 aromatic rings. The van der Waals surface area contributed by atoms with Crippen LogP contribution in [0.5, 0.6) is 0 Å². The topological polar surface area (TPSA) is 74.8 Å². The first kappa shape index (κ1) is 17.7. The lowest BCUT2D eigenvalue weighted by Crippen LogP contribution is -2.30. The van der Waals surface area contributed by atoms with Gasteiger partial charge in [-0.2, -0.15) is 0 Å². The molecule has 1 aliphatic carbocycles. The number of hydrogen-bond donors (Lipinski definition) is 2. The zero-order valence-corrected chi connectivity index (χ0v) is 14.4. The molecule has 0 saturated heterocycles. The van der Waals surface area contributed by atoms with Gasteiger partial charge < -0.3 is 10.3 Å². The maximum Gasteiger partial charge on any atom is 0.254 e. The average molecular weight is 319 g/mol. The van der Waals surface area contributed by atoms with E-state index in [9.17, 15) is 9.59 Å². The van der Waals surface area contributed by atoms with Crippen LogP contribution >= 0.6 is 0 Å². The summed E-state index contributed by atoms with van der Waals surface area (Å²) >= 11 is 0. The van der Waals surface area contributed by atoms with Gasteiger partial charge in [0.15, 0.2) is 0 Å². The van der Waals surface area contributed by atoms with Gasteiger partial charge >= 0.3 is 0 Å². The zero-order valence-electron chi connectivity index (χ0n) is 14.4. The molecular formula is C18H29N3O2. The van der Waals surface area contributed by atoms with Crippen molar-refractivity contribution >= 4 is 5.91 Å². The second kappa shape index (κ2) is 8.85. The highest BCUT2D eigenvalue weighted by Gasteiger charge is 2.14. The molecule has 1 fully saturated rings. The molecule has 128 valence electrons. The summed E-state index contributed by atoms with van der Waals surface area (Å²) in [5.41, 5.74) is 1.22. The van der Waals surface area contributed by atoms with Crippen molar-refractivity contribution < 1.29 is 4.79 Å². The Hall–Kier alpha value is -1.65. The summed E-state index contributed by atoms with van der Waals surface area (Å²) in [5.74, 6) is 1.27. The second-order valence-corrected chi connectivity index (χ2v) is 6.73. The van der Waals surface area contributed by atoms with E-state index in [0.717, 1.165) is 12.2 Å². The largest absolute Gasteiger partial charge is 0.356 e. The first-order chi connectivity index (χ1) is 11.1. The summed E-state index contributed by atoms with van der Waals surface area (Å²) in [7, 11) is 0. The van der Waals surface area contributed by atoms with Crippen molar-refractivity contribution in [2.45, 2.75) is 71.6 Å². The third-order valence-electron chi connectivity index (χ3n) is 4.76. The molecule has 1 heterocycles. The zero-order chi connectivity index (χ0) is 16.7. The molecule has 23 heavy (non-hydrogen) atoms. The van der Waals surface area contributed by atoms with Gasteiger partial charge in [0.2, 0.25) is 5.91 Å². The second-order valence-electron chi connectivity index (χ2n) is 6.73. The van der Waals surface area contributed by atoms with Gasteiger partial charge in [0.05, 0.1) is 0 Å². The number of amides is 1. The lowest BCUT2D eigenvalue weighted by atomic mass is 9.91. The molecule has 5 nitrogen and oxygen atoms in total. The Bertz CT molecular complexity index is 572. The predicted molar refractivity (Wildman–Crippen MR) is 91.5 cm³/mol. The van der Waals surface area contributed by atoms with Crippen LogP contribution in [0.4, 0.5) is 0 Å². The fourth-order valence-corrected chi connectivity index (χ4v) is 3.38. The highest BCUT2D eigenvalue weighted by atomic mass is 16.1. The summed E-state index contributed by atoms with van der Waals surface area (Å²) in [6.45, 7) is 4.37. The van der Waals surface area contributed by atoms with Crippen molar-refractivity contribution in [2.24, 2.45) is 5.92 Å². The van der Waals surface area contributed by atoms with E-state index in [1.54, 1.807) is 6.92 Å². The third kappa shape index (κ3) is 5.81. The summed E-state index contributed by atoms with van der Waals surface area (Å²) < 4.78 is 0. The predicted octanol–water partition coefficient (Wildman–Crippen LogP) is 2.80. The number of hydrogen-bond acceptors (Lipinski definition) is 3. The Morgan fingerprint density at radius 3 is 2.48 bits per heavy atom. The molecule has 0 aliphatic heterocycles. The van der Waals surface area contributed by atoms with Crippen LogP contribution in [0.2, 0.25) is 0 Å². The highest BCUT2D eigenvalue weighted by Crippen LogP contribution is 2.21. The molecule has 1 aliphatic rings. The number of rotatable bonds is 5. The minimum atomic E-state index is -0.122. The van der Waals surface area contributed by atoms with E-state index in [1.807, 2.05) is 6.92 Å². The van der Waals surface area contributed by atoms with Gasteiger partial charge in [-0.25, -0.2) is 4.98 Å². The van der Waals surface area contributed by atoms with Gasteiger partial charge in [0, 0.05) is 24.2 Å². The van der Waals surface area contributed by atoms with Crippen LogP contribution in [0.25, 0.3) is 0 Å². The first-order valence-corrected chi connectivity index (χ1v) is 8.89. The molecule has 0 radical (unpaired) electrons. The smallest absolute Gasteiger partial charge is 0.254 e. The maximum absolute atomic E-state index is 12.1. The van der Waals surface area contributed by atoms with Crippen LogP contribution in [0, 0.1) is 19.8 Å². The van der Waals surface area contributed by atoms with E-state index in [0.29, 0.717) is 30.1 Å². The van der Waals surface area contributed by atoms with Gasteiger partial charge in [-0.1, -0.05) is 32.1 Å². The molecule has 2 rings (SSSR count). The normalized spacial score (nSPS) is 16.6. The SMILES string of the molecule is Cc1nc(C)c(CCC(=O)NCC2CCCCCCC2)c(=O)[nH]1. The molecular weight excluding hydrogens is 290 g/mol. The molecule has 0 aromatic carbocycles. The summed E-state index contributed by atoms with van der Waals surface area (Å²) in [5, 5.41) is 3.05. The van der Waals surface area contributed by atoms with Gasteiger partial charge in [-0.15, -0.1) is 0 Å². The first-order valence-electron chi connectivity index (χ1n) is 8.89. The van der Waals surface area contributed by atoms with Crippen molar-refractivity contribution in [3.63, 3.8) is 0 Å². The summed E-state index contributed by atoms with van der Waals surface area (Å²) in [6, 6.07) is 0. The molecule has 0 atom stereocenters. The molecule has 2 N–H and O–H groups in total. The molecule has 0 spiro atoms. The average Bonchev–Trinajstić information content (AvgIpc) is 2.44. The molecule has 1 saturated carbocycles. The van der Waals surface area contributed by atoms with Crippen molar-refractivity contribution in [1.82, 2.24) is 15.3 Å². The van der Waals surface area contributed by atoms with E-state index in [-0.39, 0.29) is 11.5 Å². The van der Waals surface area contributed by atoms with Crippen LogP contribution in [0.3, 0.4) is 0 Å². The minimum Gasteiger partial charge on any atom is -0.356 e. The Labute approximate surface area is 138 Å². The van der Waals surface area contributed by atoms with Crippen LogP contribution in [-0.2, 0) is 11.2 Å². The minimum absolute atomic E-state index is 0.0337. The van der Waals surface area contributed by atoms with Gasteiger partial charge in [-0.05, 0) is 39.0 Å². The number of carbonyl (C=O) groups excluding carboxylic acids is 1. The molecule has 0 bridgehead atoms. The number of H-pyrrole nitrogens is 1. The standard InChI is InChI=1S/C18H29N3O2/c1-13-16(18(23)21-14(2)20-13)10-11-17(22)19-12-15-8-6-4-3-5-7-9-15/h15H,3-12H2,1-2H3,(H,19,22)(H,20,21,23). The summed E-state index contributed by atoms with van der Waals surface area (Å²) in [6.07, 6.45) is 9.82. The van der Waals surface area contributed by atoms with Crippen LogP contribution in [-0.4, -0.2) is 22.4 Å². The Morgan fingerprint density at radius 2 is 1.83 bits per heavy atom. The van der Waals surface area contributed by atoms with E-state index < -0.39 is 0 Å². The van der Waals surface area contributed by atoms with Gasteiger partial charge in [-0.3, -0.25) is 9.59 Å². The fourth-order valence-electron chi connectivity index (χ4n) is 3.38. The third-order valence-corrected chi connectivity index (χ3v) is 4.76. The molecule has 0 unspecified atom stereocenters. The quantitative estimate of drug-likeness (QED) is 0.876. The van der Waals surface area contributed by atoms with Crippen molar-refractivity contribution in [3.05, 3.63) is 27.4 Å². The Balaban J connectivity index is 1.78. The van der Waals surface area contributed by atoms with E-state index >= 15 is 0 Å². The van der Waals surface area contributed by atoms with Crippen molar-refractivity contribution in [2.75, 3.05) is 6.54 Å². The fraction of sp³-hybridized carbons (Fsp3) is 0.722. The molecule has 1 aromatic heterocycles. The Morgan fingerprint density at radius 1 is 1.17 bits per heavy atom. The number of carbonyl (C=O) groups is 1. The number of nitrogens with zero attached hydrogens (tertiary/aromatic N) is 1. The lowest BCUT2D eigenvalue weighted by molar-refractivity contribution is -0.121. The van der Waals surface area contributed by atoms with E-state index in [2.05, 4.69) is 15.3 Å². The number of aromatic nitrogens is 2. The monoisotopic (exact) mass is 319 g/mol.